The second kappa shape index (κ2) is 7.18. The van der Waals surface area contributed by atoms with Crippen LogP contribution in [-0.4, -0.2) is 0 Å². The first-order valence-corrected chi connectivity index (χ1v) is 9.13. The molecule has 1 heteroatoms. The maximum atomic E-state index is 9.01. The van der Waals surface area contributed by atoms with Crippen LogP contribution in [0.3, 0.4) is 0 Å². The Morgan fingerprint density at radius 2 is 1.74 bits per heavy atom. The van der Waals surface area contributed by atoms with Crippen molar-refractivity contribution < 1.29 is 0 Å². The lowest BCUT2D eigenvalue weighted by atomic mass is 9.75. The van der Waals surface area contributed by atoms with Crippen molar-refractivity contribution in [2.75, 3.05) is 0 Å². The predicted molar refractivity (Wildman–Crippen MR) is 97.4 cm³/mol. The van der Waals surface area contributed by atoms with Gasteiger partial charge in [0.05, 0.1) is 11.6 Å². The Labute approximate surface area is 140 Å². The summed E-state index contributed by atoms with van der Waals surface area (Å²) in [4.78, 5) is 0. The monoisotopic (exact) mass is 305 g/mol. The fourth-order valence-corrected chi connectivity index (χ4v) is 4.05. The molecule has 1 fully saturated rings. The maximum absolute atomic E-state index is 9.01. The number of fused-ring (bicyclic) bond motifs is 1. The molecule has 23 heavy (non-hydrogen) atoms. The van der Waals surface area contributed by atoms with Crippen LogP contribution in [0.15, 0.2) is 36.4 Å². The highest BCUT2D eigenvalue weighted by atomic mass is 14.3. The molecule has 3 rings (SSSR count). The van der Waals surface area contributed by atoms with Gasteiger partial charge in [-0.05, 0) is 78.3 Å². The maximum Gasteiger partial charge on any atom is 0.0991 e. The fourth-order valence-electron chi connectivity index (χ4n) is 4.05. The van der Waals surface area contributed by atoms with Gasteiger partial charge in [0.2, 0.25) is 0 Å². The zero-order chi connectivity index (χ0) is 16.2. The molecule has 0 spiro atoms. The summed E-state index contributed by atoms with van der Waals surface area (Å²) in [5.41, 5.74) is 2.24. The first-order chi connectivity index (χ1) is 11.2. The Morgan fingerprint density at radius 1 is 1.04 bits per heavy atom. The van der Waals surface area contributed by atoms with Crippen molar-refractivity contribution in [2.45, 2.75) is 58.3 Å². The Morgan fingerprint density at radius 3 is 2.43 bits per heavy atom. The van der Waals surface area contributed by atoms with Crippen molar-refractivity contribution in [1.29, 1.82) is 5.26 Å². The molecule has 1 unspecified atom stereocenters. The summed E-state index contributed by atoms with van der Waals surface area (Å²) in [7, 11) is 0. The van der Waals surface area contributed by atoms with E-state index in [-0.39, 0.29) is 0 Å². The minimum atomic E-state index is 0.725. The van der Waals surface area contributed by atoms with Crippen LogP contribution in [0.4, 0.5) is 0 Å². The van der Waals surface area contributed by atoms with Crippen LogP contribution in [-0.2, 0) is 0 Å². The van der Waals surface area contributed by atoms with E-state index in [0.29, 0.717) is 0 Å². The summed E-state index contributed by atoms with van der Waals surface area (Å²) in [5.74, 6) is 2.55. The normalized spacial score (nSPS) is 22.7. The minimum Gasteiger partial charge on any atom is -0.192 e. The van der Waals surface area contributed by atoms with Gasteiger partial charge in [-0.15, -0.1) is 0 Å². The van der Waals surface area contributed by atoms with Crippen molar-refractivity contribution in [3.8, 4) is 6.07 Å². The molecule has 1 nitrogen and oxygen atoms in total. The van der Waals surface area contributed by atoms with Gasteiger partial charge in [-0.25, -0.2) is 0 Å². The Kier molecular flexibility index (Phi) is 5.01. The van der Waals surface area contributed by atoms with Gasteiger partial charge in [-0.1, -0.05) is 44.5 Å². The molecule has 0 heterocycles. The highest BCUT2D eigenvalue weighted by Gasteiger charge is 2.23. The van der Waals surface area contributed by atoms with Gasteiger partial charge in [-0.2, -0.15) is 5.26 Å². The summed E-state index contributed by atoms with van der Waals surface area (Å²) in [6.45, 7) is 4.70. The van der Waals surface area contributed by atoms with Crippen LogP contribution < -0.4 is 0 Å². The number of hydrogen-bond donors (Lipinski definition) is 0. The third-order valence-corrected chi connectivity index (χ3v) is 5.74. The van der Waals surface area contributed by atoms with Crippen molar-refractivity contribution in [2.24, 2.45) is 11.8 Å². The molecule has 0 N–H and O–H groups in total. The second-order valence-electron chi connectivity index (χ2n) is 7.40. The lowest BCUT2D eigenvalue weighted by Crippen LogP contribution is -2.15. The Bertz CT molecular complexity index is 701. The molecule has 0 radical (unpaired) electrons. The molecule has 1 aliphatic rings. The molecule has 120 valence electrons. The molecule has 1 saturated carbocycles. The van der Waals surface area contributed by atoms with E-state index in [1.807, 2.05) is 12.1 Å². The summed E-state index contributed by atoms with van der Waals surface area (Å²) >= 11 is 0. The third kappa shape index (κ3) is 3.75. The van der Waals surface area contributed by atoms with Crippen molar-refractivity contribution in [3.63, 3.8) is 0 Å². The smallest absolute Gasteiger partial charge is 0.0991 e. The van der Waals surface area contributed by atoms with Crippen molar-refractivity contribution >= 4 is 10.8 Å². The molecule has 1 atom stereocenters. The number of nitrogens with zero attached hydrogens (tertiary/aromatic N) is 1. The van der Waals surface area contributed by atoms with E-state index < -0.39 is 0 Å². The molecule has 0 amide bonds. The van der Waals surface area contributed by atoms with Gasteiger partial charge in [-0.3, -0.25) is 0 Å². The predicted octanol–water partition coefficient (Wildman–Crippen LogP) is 6.42. The van der Waals surface area contributed by atoms with E-state index in [0.717, 1.165) is 23.3 Å². The number of rotatable bonds is 4. The minimum absolute atomic E-state index is 0.725. The van der Waals surface area contributed by atoms with Crippen LogP contribution in [0.25, 0.3) is 10.8 Å². The van der Waals surface area contributed by atoms with E-state index in [1.165, 1.54) is 54.9 Å². The van der Waals surface area contributed by atoms with E-state index >= 15 is 0 Å². The Balaban J connectivity index is 1.69. The van der Waals surface area contributed by atoms with Crippen LogP contribution in [0, 0.1) is 23.2 Å². The number of benzene rings is 2. The summed E-state index contributed by atoms with van der Waals surface area (Å²) < 4.78 is 0. The first-order valence-electron chi connectivity index (χ1n) is 9.13. The summed E-state index contributed by atoms with van der Waals surface area (Å²) in [6.07, 6.45) is 8.18. The van der Waals surface area contributed by atoms with E-state index in [9.17, 15) is 0 Å². The third-order valence-electron chi connectivity index (χ3n) is 5.74. The van der Waals surface area contributed by atoms with Crippen LogP contribution in [0.5, 0.6) is 0 Å². The lowest BCUT2D eigenvalue weighted by molar-refractivity contribution is 0.273. The molecular weight excluding hydrogens is 278 g/mol. The van der Waals surface area contributed by atoms with E-state index in [2.05, 4.69) is 44.2 Å². The highest BCUT2D eigenvalue weighted by Crippen LogP contribution is 2.39. The second-order valence-corrected chi connectivity index (χ2v) is 7.40. The topological polar surface area (TPSA) is 23.8 Å². The van der Waals surface area contributed by atoms with Crippen LogP contribution >= 0.6 is 0 Å². The zero-order valence-electron chi connectivity index (χ0n) is 14.4. The van der Waals surface area contributed by atoms with Gasteiger partial charge in [0.25, 0.3) is 0 Å². The summed E-state index contributed by atoms with van der Waals surface area (Å²) in [6, 6.07) is 15.0. The van der Waals surface area contributed by atoms with Gasteiger partial charge < -0.3 is 0 Å². The Hall–Kier alpha value is -1.81. The van der Waals surface area contributed by atoms with Gasteiger partial charge in [0.15, 0.2) is 0 Å². The first kappa shape index (κ1) is 16.1. The quantitative estimate of drug-likeness (QED) is 0.639. The number of hydrogen-bond acceptors (Lipinski definition) is 1. The summed E-state index contributed by atoms with van der Waals surface area (Å²) in [5, 5.41) is 11.5. The van der Waals surface area contributed by atoms with E-state index in [4.69, 9.17) is 5.26 Å². The van der Waals surface area contributed by atoms with Gasteiger partial charge in [0.1, 0.15) is 0 Å². The number of nitriles is 1. The average molecular weight is 305 g/mol. The van der Waals surface area contributed by atoms with Crippen molar-refractivity contribution in [1.82, 2.24) is 0 Å². The van der Waals surface area contributed by atoms with E-state index in [1.54, 1.807) is 0 Å². The average Bonchev–Trinajstić information content (AvgIpc) is 2.61. The fraction of sp³-hybridized carbons (Fsp3) is 0.500. The van der Waals surface area contributed by atoms with Crippen molar-refractivity contribution in [3.05, 3.63) is 47.5 Å². The SMILES string of the molecule is CCC(C)CC1CCC(c2ccc3cc(C#N)ccc3c2)CC1. The molecule has 0 bridgehead atoms. The molecule has 0 aromatic heterocycles. The largest absolute Gasteiger partial charge is 0.192 e. The molecule has 2 aromatic carbocycles. The van der Waals surface area contributed by atoms with Gasteiger partial charge in [0, 0.05) is 0 Å². The lowest BCUT2D eigenvalue weighted by Gasteiger charge is -2.30. The molecule has 2 aromatic rings. The molecule has 1 aliphatic carbocycles. The van der Waals surface area contributed by atoms with Crippen LogP contribution in [0.2, 0.25) is 0 Å². The molecular formula is C22H27N. The molecule has 0 saturated heterocycles. The zero-order valence-corrected chi connectivity index (χ0v) is 14.4. The standard InChI is InChI=1S/C22H27N/c1-3-16(2)12-17-4-7-19(8-5-17)21-11-10-20-13-18(15-23)6-9-22(20)14-21/h6,9-11,13-14,16-17,19H,3-5,7-8,12H2,1-2H3. The molecule has 0 aliphatic heterocycles. The van der Waals surface area contributed by atoms with Crippen LogP contribution in [0.1, 0.15) is 69.4 Å². The highest BCUT2D eigenvalue weighted by molar-refractivity contribution is 5.84. The van der Waals surface area contributed by atoms with Gasteiger partial charge >= 0.3 is 0 Å².